The van der Waals surface area contributed by atoms with E-state index in [-0.39, 0.29) is 31.0 Å². The number of ether oxygens (including phenoxy) is 2. The zero-order valence-corrected chi connectivity index (χ0v) is 13.6. The molecule has 0 aromatic heterocycles. The number of nitrogens with zero attached hydrogens (tertiary/aromatic N) is 2. The number of hydrogen-bond donors (Lipinski definition) is 0. The molecule has 0 N–H and O–H groups in total. The van der Waals surface area contributed by atoms with Crippen LogP contribution in [0.2, 0.25) is 0 Å². The van der Waals surface area contributed by atoms with Crippen molar-refractivity contribution in [1.82, 2.24) is 9.80 Å². The summed E-state index contributed by atoms with van der Waals surface area (Å²) < 4.78 is 10.3. The first-order chi connectivity index (χ1) is 11.1. The van der Waals surface area contributed by atoms with Crippen LogP contribution >= 0.6 is 12.2 Å². The van der Waals surface area contributed by atoms with E-state index in [2.05, 4.69) is 0 Å². The number of amides is 2. The molecule has 1 aromatic rings. The van der Waals surface area contributed by atoms with E-state index in [0.29, 0.717) is 18.3 Å². The molecule has 2 saturated heterocycles. The third-order valence-electron chi connectivity index (χ3n) is 4.12. The van der Waals surface area contributed by atoms with Gasteiger partial charge in [0.05, 0.1) is 6.54 Å². The van der Waals surface area contributed by atoms with Crippen molar-refractivity contribution >= 4 is 29.4 Å². The molecule has 2 aliphatic rings. The van der Waals surface area contributed by atoms with E-state index < -0.39 is 6.09 Å². The van der Waals surface area contributed by atoms with Crippen molar-refractivity contribution in [3.63, 3.8) is 0 Å². The number of carbonyl (C=O) groups excluding carboxylic acids is 2. The molecular weight excluding hydrogens is 316 g/mol. The lowest BCUT2D eigenvalue weighted by Gasteiger charge is -2.26. The lowest BCUT2D eigenvalue weighted by Crippen LogP contribution is -2.41. The molecule has 7 heteroatoms. The quantitative estimate of drug-likeness (QED) is 0.786. The van der Waals surface area contributed by atoms with Gasteiger partial charge in [-0.3, -0.25) is 4.79 Å². The molecule has 2 heterocycles. The fourth-order valence-electron chi connectivity index (χ4n) is 2.88. The summed E-state index contributed by atoms with van der Waals surface area (Å²) in [4.78, 5) is 27.7. The van der Waals surface area contributed by atoms with Crippen molar-refractivity contribution in [2.75, 3.05) is 19.8 Å². The van der Waals surface area contributed by atoms with Gasteiger partial charge in [0, 0.05) is 12.5 Å². The van der Waals surface area contributed by atoms with Gasteiger partial charge in [-0.15, -0.1) is 0 Å². The van der Waals surface area contributed by atoms with Crippen molar-refractivity contribution in [3.05, 3.63) is 35.9 Å². The summed E-state index contributed by atoms with van der Waals surface area (Å²) >= 11 is 5.11. The lowest BCUT2D eigenvalue weighted by atomic mass is 10.1. The minimum Gasteiger partial charge on any atom is -0.469 e. The minimum atomic E-state index is -0.587. The number of thiocarbonyl (C=S) groups is 1. The van der Waals surface area contributed by atoms with Gasteiger partial charge in [-0.05, 0) is 24.7 Å². The highest BCUT2D eigenvalue weighted by Crippen LogP contribution is 2.29. The van der Waals surface area contributed by atoms with Gasteiger partial charge in [0.25, 0.3) is 5.17 Å². The molecule has 2 fully saturated rings. The first kappa shape index (κ1) is 15.7. The highest BCUT2D eigenvalue weighted by Gasteiger charge is 2.39. The summed E-state index contributed by atoms with van der Waals surface area (Å²) in [7, 11) is 0. The average Bonchev–Trinajstić information content (AvgIpc) is 3.14. The Labute approximate surface area is 139 Å². The molecule has 0 spiro atoms. The first-order valence-electron chi connectivity index (χ1n) is 7.55. The average molecular weight is 334 g/mol. The van der Waals surface area contributed by atoms with Crippen molar-refractivity contribution in [3.8, 4) is 0 Å². The van der Waals surface area contributed by atoms with Gasteiger partial charge in [0.1, 0.15) is 19.3 Å². The molecule has 122 valence electrons. The van der Waals surface area contributed by atoms with Crippen LogP contribution in [0.15, 0.2) is 30.3 Å². The fraction of sp³-hybridized carbons (Fsp3) is 0.438. The van der Waals surface area contributed by atoms with E-state index in [4.69, 9.17) is 21.7 Å². The molecule has 3 rings (SSSR count). The molecule has 2 atom stereocenters. The van der Waals surface area contributed by atoms with Crippen LogP contribution in [0.4, 0.5) is 4.79 Å². The molecule has 23 heavy (non-hydrogen) atoms. The summed E-state index contributed by atoms with van der Waals surface area (Å²) in [5.41, 5.74) is 0.888. The second kappa shape index (κ2) is 6.54. The van der Waals surface area contributed by atoms with Gasteiger partial charge in [-0.1, -0.05) is 30.3 Å². The van der Waals surface area contributed by atoms with Crippen molar-refractivity contribution in [1.29, 1.82) is 0 Å². The maximum absolute atomic E-state index is 12.6. The monoisotopic (exact) mass is 334 g/mol. The van der Waals surface area contributed by atoms with Crippen LogP contribution in [0.1, 0.15) is 24.9 Å². The summed E-state index contributed by atoms with van der Waals surface area (Å²) in [5.74, 6) is -0.261. The van der Waals surface area contributed by atoms with Crippen LogP contribution in [0, 0.1) is 0 Å². The predicted molar refractivity (Wildman–Crippen MR) is 86.7 cm³/mol. The molecule has 2 aliphatic heterocycles. The Hall–Kier alpha value is -2.15. The van der Waals surface area contributed by atoms with Gasteiger partial charge < -0.3 is 14.4 Å². The van der Waals surface area contributed by atoms with Crippen LogP contribution in [0.5, 0.6) is 0 Å². The van der Waals surface area contributed by atoms with Gasteiger partial charge in [0.2, 0.25) is 5.91 Å². The summed E-state index contributed by atoms with van der Waals surface area (Å²) in [6.07, 6.45) is -0.404. The smallest absolute Gasteiger partial charge is 0.417 e. The van der Waals surface area contributed by atoms with Crippen molar-refractivity contribution < 1.29 is 19.1 Å². The number of rotatable bonds is 4. The van der Waals surface area contributed by atoms with E-state index in [1.807, 2.05) is 42.2 Å². The lowest BCUT2D eigenvalue weighted by molar-refractivity contribution is -0.130. The summed E-state index contributed by atoms with van der Waals surface area (Å²) in [6, 6.07) is 8.93. The highest BCUT2D eigenvalue weighted by atomic mass is 32.1. The number of imide groups is 1. The minimum absolute atomic E-state index is 0.123. The van der Waals surface area contributed by atoms with Gasteiger partial charge in [0.15, 0.2) is 0 Å². The largest absolute Gasteiger partial charge is 0.469 e. The number of benzene rings is 1. The van der Waals surface area contributed by atoms with E-state index in [9.17, 15) is 9.59 Å². The predicted octanol–water partition coefficient (Wildman–Crippen LogP) is 2.10. The molecule has 0 saturated carbocycles. The molecular formula is C16H18N2O4S. The third kappa shape index (κ3) is 3.14. The standard InChI is InChI=1S/C16H18N2O4S/c1-11(17-7-8-21-16(17)23)9-14(19)18-13(10-22-15(18)20)12-5-3-2-4-6-12/h2-6,11,13H,7-10H2,1H3/t11-,13+/m0/s1. The molecule has 2 amide bonds. The Morgan fingerprint density at radius 2 is 2.09 bits per heavy atom. The van der Waals surface area contributed by atoms with E-state index in [1.54, 1.807) is 0 Å². The van der Waals surface area contributed by atoms with Crippen LogP contribution < -0.4 is 0 Å². The van der Waals surface area contributed by atoms with E-state index >= 15 is 0 Å². The molecule has 6 nitrogen and oxygen atoms in total. The Morgan fingerprint density at radius 1 is 1.35 bits per heavy atom. The van der Waals surface area contributed by atoms with Crippen LogP contribution in [-0.4, -0.2) is 52.8 Å². The maximum atomic E-state index is 12.6. The first-order valence-corrected chi connectivity index (χ1v) is 7.96. The molecule has 0 radical (unpaired) electrons. The third-order valence-corrected chi connectivity index (χ3v) is 4.47. The zero-order valence-electron chi connectivity index (χ0n) is 12.8. The van der Waals surface area contributed by atoms with Crippen LogP contribution in [0.25, 0.3) is 0 Å². The molecule has 0 unspecified atom stereocenters. The van der Waals surface area contributed by atoms with Gasteiger partial charge in [-0.2, -0.15) is 0 Å². The Morgan fingerprint density at radius 3 is 2.74 bits per heavy atom. The second-order valence-corrected chi connectivity index (χ2v) is 5.98. The summed E-state index contributed by atoms with van der Waals surface area (Å²) in [6.45, 7) is 3.29. The van der Waals surface area contributed by atoms with Crippen LogP contribution in [-0.2, 0) is 14.3 Å². The topological polar surface area (TPSA) is 59.1 Å². The van der Waals surface area contributed by atoms with Crippen molar-refractivity contribution in [2.24, 2.45) is 0 Å². The maximum Gasteiger partial charge on any atom is 0.417 e. The molecule has 0 aliphatic carbocycles. The number of carbonyl (C=O) groups is 2. The van der Waals surface area contributed by atoms with Crippen molar-refractivity contribution in [2.45, 2.75) is 25.4 Å². The fourth-order valence-corrected chi connectivity index (χ4v) is 3.24. The molecule has 0 bridgehead atoms. The van der Waals surface area contributed by atoms with E-state index in [1.165, 1.54) is 4.90 Å². The SMILES string of the molecule is C[C@@H](CC(=O)N1C(=O)OC[C@@H]1c1ccccc1)N1CCOC1=S. The number of cyclic esters (lactones) is 1. The van der Waals surface area contributed by atoms with Gasteiger partial charge >= 0.3 is 6.09 Å². The number of hydrogen-bond acceptors (Lipinski definition) is 5. The molecule has 1 aromatic carbocycles. The summed E-state index contributed by atoms with van der Waals surface area (Å²) in [5, 5.41) is 0.411. The normalized spacial score (nSPS) is 22.0. The van der Waals surface area contributed by atoms with Gasteiger partial charge in [-0.25, -0.2) is 9.69 Å². The van der Waals surface area contributed by atoms with Crippen LogP contribution in [0.3, 0.4) is 0 Å². The Kier molecular flexibility index (Phi) is 4.47. The van der Waals surface area contributed by atoms with E-state index in [0.717, 1.165) is 5.56 Å². The Balaban J connectivity index is 1.71. The second-order valence-electron chi connectivity index (χ2n) is 5.63. The zero-order chi connectivity index (χ0) is 16.4. The Bertz CT molecular complexity index is 622. The highest BCUT2D eigenvalue weighted by molar-refractivity contribution is 7.80.